The molecule has 0 fully saturated rings. The molecule has 0 spiro atoms. The van der Waals surface area contributed by atoms with E-state index in [1.54, 1.807) is 11.3 Å². The van der Waals surface area contributed by atoms with Crippen LogP contribution in [-0.4, -0.2) is 9.38 Å². The molecule has 3 heterocycles. The second-order valence-electron chi connectivity index (χ2n) is 3.40. The van der Waals surface area contributed by atoms with E-state index in [-0.39, 0.29) is 0 Å². The third kappa shape index (κ3) is 1.44. The van der Waals surface area contributed by atoms with Crippen LogP contribution in [0.5, 0.6) is 0 Å². The molecule has 0 amide bonds. The van der Waals surface area contributed by atoms with Gasteiger partial charge in [0.05, 0.1) is 20.4 Å². The molecule has 3 aromatic rings. The molecule has 0 radical (unpaired) electrons. The number of thiophene rings is 1. The zero-order valence-corrected chi connectivity index (χ0v) is 10.6. The molecule has 0 aliphatic heterocycles. The van der Waals surface area contributed by atoms with Gasteiger partial charge in [-0.1, -0.05) is 6.07 Å². The molecule has 2 N–H and O–H groups in total. The van der Waals surface area contributed by atoms with Gasteiger partial charge in [0.25, 0.3) is 0 Å². The van der Waals surface area contributed by atoms with Crippen LogP contribution in [0.15, 0.2) is 40.3 Å². The molecule has 80 valence electrons. The van der Waals surface area contributed by atoms with Crippen molar-refractivity contribution in [3.63, 3.8) is 0 Å². The fourth-order valence-corrected chi connectivity index (χ4v) is 3.05. The maximum Gasteiger partial charge on any atom is 0.156 e. The summed E-state index contributed by atoms with van der Waals surface area (Å²) in [6.07, 6.45) is 1.83. The number of halogens is 1. The van der Waals surface area contributed by atoms with E-state index in [4.69, 9.17) is 5.73 Å². The van der Waals surface area contributed by atoms with Crippen molar-refractivity contribution in [2.45, 2.75) is 0 Å². The van der Waals surface area contributed by atoms with E-state index in [9.17, 15) is 0 Å². The van der Waals surface area contributed by atoms with Crippen molar-refractivity contribution < 1.29 is 0 Å². The number of hydrogen-bond donors (Lipinski definition) is 1. The molecule has 0 aromatic carbocycles. The molecule has 0 saturated carbocycles. The highest BCUT2D eigenvalue weighted by Gasteiger charge is 2.09. The van der Waals surface area contributed by atoms with Crippen molar-refractivity contribution in [3.05, 3.63) is 40.3 Å². The van der Waals surface area contributed by atoms with Crippen LogP contribution < -0.4 is 5.73 Å². The van der Waals surface area contributed by atoms with E-state index in [0.717, 1.165) is 20.0 Å². The van der Waals surface area contributed by atoms with Crippen molar-refractivity contribution in [1.29, 1.82) is 0 Å². The third-order valence-electron chi connectivity index (χ3n) is 2.37. The minimum absolute atomic E-state index is 0.703. The first kappa shape index (κ1) is 9.86. The molecule has 0 bridgehead atoms. The monoisotopic (exact) mass is 293 g/mol. The molecule has 0 saturated heterocycles. The van der Waals surface area contributed by atoms with E-state index >= 15 is 0 Å². The zero-order valence-electron chi connectivity index (χ0n) is 8.22. The number of nitrogens with zero attached hydrogens (tertiary/aromatic N) is 2. The second-order valence-corrected chi connectivity index (χ2v) is 5.86. The topological polar surface area (TPSA) is 43.3 Å². The van der Waals surface area contributed by atoms with Crippen LogP contribution >= 0.6 is 27.3 Å². The van der Waals surface area contributed by atoms with Gasteiger partial charge in [0.1, 0.15) is 5.82 Å². The Morgan fingerprint density at radius 1 is 1.25 bits per heavy atom. The number of aromatic nitrogens is 2. The summed E-state index contributed by atoms with van der Waals surface area (Å²) in [6, 6.07) is 9.85. The average molecular weight is 294 g/mol. The summed E-state index contributed by atoms with van der Waals surface area (Å²) in [6.45, 7) is 0. The summed E-state index contributed by atoms with van der Waals surface area (Å²) in [5.41, 5.74) is 6.97. The van der Waals surface area contributed by atoms with Gasteiger partial charge in [0.15, 0.2) is 5.82 Å². The predicted octanol–water partition coefficient (Wildman–Crippen LogP) is 3.41. The fraction of sp³-hybridized carbons (Fsp3) is 0. The highest BCUT2D eigenvalue weighted by atomic mass is 79.9. The number of nitrogens with two attached hydrogens (primary N) is 1. The Hall–Kier alpha value is -1.33. The first-order valence-electron chi connectivity index (χ1n) is 4.73. The lowest BCUT2D eigenvalue weighted by Crippen LogP contribution is -1.97. The van der Waals surface area contributed by atoms with E-state index in [1.807, 2.05) is 40.9 Å². The van der Waals surface area contributed by atoms with Crippen molar-refractivity contribution in [2.75, 3.05) is 5.73 Å². The van der Waals surface area contributed by atoms with Crippen LogP contribution in [0.2, 0.25) is 0 Å². The molecule has 3 rings (SSSR count). The molecule has 3 nitrogen and oxygen atoms in total. The largest absolute Gasteiger partial charge is 0.385 e. The molecule has 0 aliphatic carbocycles. The lowest BCUT2D eigenvalue weighted by molar-refractivity contribution is 1.18. The Labute approximate surface area is 105 Å². The van der Waals surface area contributed by atoms with Gasteiger partial charge in [-0.25, -0.2) is 4.98 Å². The maximum absolute atomic E-state index is 5.96. The average Bonchev–Trinajstić information content (AvgIpc) is 2.84. The van der Waals surface area contributed by atoms with Gasteiger partial charge in [-0.05, 0) is 40.2 Å². The number of pyridine rings is 1. The Morgan fingerprint density at radius 3 is 2.88 bits per heavy atom. The first-order valence-corrected chi connectivity index (χ1v) is 6.34. The maximum atomic E-state index is 5.96. The molecular weight excluding hydrogens is 286 g/mol. The Balaban J connectivity index is 2.32. The van der Waals surface area contributed by atoms with Gasteiger partial charge in [-0.15, -0.1) is 11.3 Å². The predicted molar refractivity (Wildman–Crippen MR) is 70.6 cm³/mol. The van der Waals surface area contributed by atoms with Gasteiger partial charge in [-0.3, -0.25) is 4.40 Å². The van der Waals surface area contributed by atoms with Crippen LogP contribution in [0.4, 0.5) is 5.82 Å². The van der Waals surface area contributed by atoms with E-state index in [2.05, 4.69) is 20.9 Å². The lowest BCUT2D eigenvalue weighted by Gasteiger charge is -2.02. The van der Waals surface area contributed by atoms with Crippen molar-refractivity contribution >= 4 is 38.6 Å². The normalized spacial score (nSPS) is 11.1. The standard InChI is InChI=1S/C11H8BrN3S/c12-9-5-4-8(16-9)11-14-6-7-2-1-3-10(13)15(7)11/h1-6H,13H2. The lowest BCUT2D eigenvalue weighted by atomic mass is 10.4. The number of fused-ring (bicyclic) bond motifs is 1. The Bertz CT molecular complexity index is 656. The molecular formula is C11H8BrN3S. The van der Waals surface area contributed by atoms with Crippen LogP contribution in [0.3, 0.4) is 0 Å². The SMILES string of the molecule is Nc1cccc2cnc(-c3ccc(Br)s3)n12. The first-order chi connectivity index (χ1) is 7.75. The quantitative estimate of drug-likeness (QED) is 0.747. The summed E-state index contributed by atoms with van der Waals surface area (Å²) in [5, 5.41) is 0. The summed E-state index contributed by atoms with van der Waals surface area (Å²) >= 11 is 5.10. The smallest absolute Gasteiger partial charge is 0.156 e. The van der Waals surface area contributed by atoms with Crippen molar-refractivity contribution in [3.8, 4) is 10.7 Å². The van der Waals surface area contributed by atoms with Gasteiger partial charge in [-0.2, -0.15) is 0 Å². The summed E-state index contributed by atoms with van der Waals surface area (Å²) in [4.78, 5) is 5.51. The van der Waals surface area contributed by atoms with E-state index < -0.39 is 0 Å². The van der Waals surface area contributed by atoms with Crippen LogP contribution in [0, 0.1) is 0 Å². The van der Waals surface area contributed by atoms with Crippen molar-refractivity contribution in [1.82, 2.24) is 9.38 Å². The Morgan fingerprint density at radius 2 is 2.12 bits per heavy atom. The van der Waals surface area contributed by atoms with Crippen LogP contribution in [0.25, 0.3) is 16.2 Å². The van der Waals surface area contributed by atoms with Gasteiger partial charge in [0, 0.05) is 0 Å². The second kappa shape index (κ2) is 3.61. The Kier molecular flexibility index (Phi) is 2.22. The van der Waals surface area contributed by atoms with Crippen LogP contribution in [-0.2, 0) is 0 Å². The summed E-state index contributed by atoms with van der Waals surface area (Å²) in [7, 11) is 0. The highest BCUT2D eigenvalue weighted by molar-refractivity contribution is 9.11. The molecule has 3 aromatic heterocycles. The number of anilines is 1. The highest BCUT2D eigenvalue weighted by Crippen LogP contribution is 2.31. The molecule has 0 unspecified atom stereocenters. The van der Waals surface area contributed by atoms with Crippen LogP contribution in [0.1, 0.15) is 0 Å². The van der Waals surface area contributed by atoms with Gasteiger partial charge >= 0.3 is 0 Å². The number of hydrogen-bond acceptors (Lipinski definition) is 3. The number of imidazole rings is 1. The number of rotatable bonds is 1. The molecule has 5 heteroatoms. The fourth-order valence-electron chi connectivity index (χ4n) is 1.68. The summed E-state index contributed by atoms with van der Waals surface area (Å²) in [5.74, 6) is 1.60. The minimum Gasteiger partial charge on any atom is -0.385 e. The van der Waals surface area contributed by atoms with Gasteiger partial charge in [0.2, 0.25) is 0 Å². The summed E-state index contributed by atoms with van der Waals surface area (Å²) < 4.78 is 3.05. The third-order valence-corrected chi connectivity index (χ3v) is 3.99. The zero-order chi connectivity index (χ0) is 11.1. The molecule has 0 atom stereocenters. The number of nitrogen functional groups attached to an aromatic ring is 1. The molecule has 0 aliphatic rings. The minimum atomic E-state index is 0.703. The van der Waals surface area contributed by atoms with Gasteiger partial charge < -0.3 is 5.73 Å². The van der Waals surface area contributed by atoms with Crippen molar-refractivity contribution in [2.24, 2.45) is 0 Å². The van der Waals surface area contributed by atoms with E-state index in [0.29, 0.717) is 5.82 Å². The molecule has 16 heavy (non-hydrogen) atoms. The van der Waals surface area contributed by atoms with E-state index in [1.165, 1.54) is 0 Å².